The van der Waals surface area contributed by atoms with Crippen LogP contribution in [0.2, 0.25) is 0 Å². The average molecular weight is 370 g/mol. The number of fused-ring (bicyclic) bond motifs is 1. The van der Waals surface area contributed by atoms with Crippen molar-refractivity contribution in [3.63, 3.8) is 0 Å². The number of para-hydroxylation sites is 1. The number of hydrogen-bond donors (Lipinski definition) is 1. The molecule has 0 saturated heterocycles. The molecule has 1 aliphatic heterocycles. The quantitative estimate of drug-likeness (QED) is 0.876. The Morgan fingerprint density at radius 3 is 2.74 bits per heavy atom. The third-order valence-corrected chi connectivity index (χ3v) is 4.40. The topological polar surface area (TPSA) is 77.1 Å². The number of methoxy groups -OCH3 is 2. The molecule has 0 atom stereocenters. The van der Waals surface area contributed by atoms with E-state index in [4.69, 9.17) is 14.2 Å². The van der Waals surface area contributed by atoms with E-state index in [9.17, 15) is 9.59 Å². The zero-order chi connectivity index (χ0) is 19.4. The molecule has 2 aromatic carbocycles. The molecular formula is C20H22N2O5. The molecular weight excluding hydrogens is 348 g/mol. The molecule has 2 amide bonds. The molecule has 0 unspecified atom stereocenters. The molecule has 3 rings (SSSR count). The Labute approximate surface area is 157 Å². The number of hydrogen-bond acceptors (Lipinski definition) is 5. The fourth-order valence-corrected chi connectivity index (χ4v) is 3.00. The van der Waals surface area contributed by atoms with Gasteiger partial charge in [-0.05, 0) is 37.3 Å². The van der Waals surface area contributed by atoms with E-state index in [2.05, 4.69) is 5.32 Å². The van der Waals surface area contributed by atoms with Crippen LogP contribution in [0.3, 0.4) is 0 Å². The second-order valence-corrected chi connectivity index (χ2v) is 5.94. The summed E-state index contributed by atoms with van der Waals surface area (Å²) < 4.78 is 16.2. The van der Waals surface area contributed by atoms with Gasteiger partial charge in [0, 0.05) is 12.2 Å². The predicted molar refractivity (Wildman–Crippen MR) is 101 cm³/mol. The highest BCUT2D eigenvalue weighted by molar-refractivity contribution is 6.07. The van der Waals surface area contributed by atoms with Crippen molar-refractivity contribution in [1.82, 2.24) is 4.90 Å². The van der Waals surface area contributed by atoms with E-state index in [-0.39, 0.29) is 11.8 Å². The molecule has 142 valence electrons. The lowest BCUT2D eigenvalue weighted by Gasteiger charge is -2.17. The smallest absolute Gasteiger partial charge is 0.259 e. The van der Waals surface area contributed by atoms with Gasteiger partial charge in [-0.15, -0.1) is 0 Å². The number of benzene rings is 2. The summed E-state index contributed by atoms with van der Waals surface area (Å²) in [5.41, 5.74) is 1.27. The number of amides is 2. The van der Waals surface area contributed by atoms with E-state index in [1.807, 2.05) is 6.92 Å². The second-order valence-electron chi connectivity index (χ2n) is 5.94. The number of likely N-dealkylation sites (N-methyl/N-ethyl adjacent to an activating group) is 1. The van der Waals surface area contributed by atoms with Crippen molar-refractivity contribution >= 4 is 17.5 Å². The monoisotopic (exact) mass is 370 g/mol. The Hall–Kier alpha value is -3.22. The molecule has 0 saturated carbocycles. The van der Waals surface area contributed by atoms with Gasteiger partial charge in [0.1, 0.15) is 12.4 Å². The van der Waals surface area contributed by atoms with Crippen molar-refractivity contribution in [2.75, 3.05) is 39.2 Å². The molecule has 0 aromatic heterocycles. The minimum Gasteiger partial charge on any atom is -0.493 e. The molecule has 1 aliphatic rings. The molecule has 1 N–H and O–H groups in total. The molecule has 2 aromatic rings. The Bertz CT molecular complexity index is 865. The van der Waals surface area contributed by atoms with Crippen LogP contribution in [-0.4, -0.2) is 50.6 Å². The fraction of sp³-hybridized carbons (Fsp3) is 0.300. The van der Waals surface area contributed by atoms with Crippen molar-refractivity contribution in [1.29, 1.82) is 0 Å². The zero-order valence-electron chi connectivity index (χ0n) is 15.6. The lowest BCUT2D eigenvalue weighted by atomic mass is 10.1. The molecule has 7 nitrogen and oxygen atoms in total. The number of carbonyl (C=O) groups is 2. The van der Waals surface area contributed by atoms with Crippen molar-refractivity contribution in [2.24, 2.45) is 0 Å². The Morgan fingerprint density at radius 1 is 1.22 bits per heavy atom. The predicted octanol–water partition coefficient (Wildman–Crippen LogP) is 2.81. The van der Waals surface area contributed by atoms with Crippen LogP contribution in [0.15, 0.2) is 36.4 Å². The van der Waals surface area contributed by atoms with Gasteiger partial charge in [-0.1, -0.05) is 6.07 Å². The number of carbonyl (C=O) groups excluding carboxylic acids is 2. The first-order valence-corrected chi connectivity index (χ1v) is 8.67. The number of nitrogens with zero attached hydrogens (tertiary/aromatic N) is 1. The summed E-state index contributed by atoms with van der Waals surface area (Å²) in [5.74, 6) is 0.867. The van der Waals surface area contributed by atoms with Crippen molar-refractivity contribution < 1.29 is 23.8 Å². The van der Waals surface area contributed by atoms with E-state index in [0.29, 0.717) is 53.8 Å². The van der Waals surface area contributed by atoms with Gasteiger partial charge in [0.2, 0.25) is 0 Å². The minimum absolute atomic E-state index is 0.111. The van der Waals surface area contributed by atoms with Gasteiger partial charge in [-0.3, -0.25) is 9.59 Å². The fourth-order valence-electron chi connectivity index (χ4n) is 3.00. The van der Waals surface area contributed by atoms with Crippen LogP contribution >= 0.6 is 0 Å². The first-order valence-electron chi connectivity index (χ1n) is 8.67. The van der Waals surface area contributed by atoms with Crippen molar-refractivity contribution in [3.8, 4) is 17.2 Å². The average Bonchev–Trinajstić information content (AvgIpc) is 2.85. The van der Waals surface area contributed by atoms with E-state index < -0.39 is 0 Å². The highest BCUT2D eigenvalue weighted by Crippen LogP contribution is 2.32. The molecule has 0 radical (unpaired) electrons. The molecule has 27 heavy (non-hydrogen) atoms. The van der Waals surface area contributed by atoms with Gasteiger partial charge in [0.05, 0.1) is 31.9 Å². The summed E-state index contributed by atoms with van der Waals surface area (Å²) in [7, 11) is 2.99. The highest BCUT2D eigenvalue weighted by Gasteiger charge is 2.23. The molecule has 0 bridgehead atoms. The minimum atomic E-state index is -0.361. The van der Waals surface area contributed by atoms with Crippen molar-refractivity contribution in [2.45, 2.75) is 6.92 Å². The van der Waals surface area contributed by atoms with E-state index in [1.54, 1.807) is 41.3 Å². The maximum atomic E-state index is 12.7. The van der Waals surface area contributed by atoms with Gasteiger partial charge >= 0.3 is 0 Å². The van der Waals surface area contributed by atoms with Gasteiger partial charge in [0.15, 0.2) is 11.5 Å². The molecule has 7 heteroatoms. The van der Waals surface area contributed by atoms with Crippen molar-refractivity contribution in [3.05, 3.63) is 47.5 Å². The van der Waals surface area contributed by atoms with Crippen LogP contribution in [0, 0.1) is 0 Å². The van der Waals surface area contributed by atoms with Gasteiger partial charge in [-0.25, -0.2) is 0 Å². The van der Waals surface area contributed by atoms with Crippen LogP contribution in [0.4, 0.5) is 5.69 Å². The van der Waals surface area contributed by atoms with Crippen LogP contribution < -0.4 is 19.5 Å². The highest BCUT2D eigenvalue weighted by atomic mass is 16.5. The SMILES string of the molecule is CCN1CCOc2ccc(NC(=O)c3cccc(OC)c3OC)cc2C1=O. The number of anilines is 1. The lowest BCUT2D eigenvalue weighted by Crippen LogP contribution is -2.32. The van der Waals surface area contributed by atoms with E-state index in [1.165, 1.54) is 14.2 Å². The maximum Gasteiger partial charge on any atom is 0.259 e. The Kier molecular flexibility index (Phi) is 5.49. The van der Waals surface area contributed by atoms with Gasteiger partial charge < -0.3 is 24.4 Å². The molecule has 1 heterocycles. The number of ether oxygens (including phenoxy) is 3. The lowest BCUT2D eigenvalue weighted by molar-refractivity contribution is 0.0764. The Balaban J connectivity index is 1.89. The first-order chi connectivity index (χ1) is 13.1. The summed E-state index contributed by atoms with van der Waals surface area (Å²) in [4.78, 5) is 27.1. The summed E-state index contributed by atoms with van der Waals surface area (Å²) in [6.07, 6.45) is 0. The van der Waals surface area contributed by atoms with Crippen LogP contribution in [0.5, 0.6) is 17.2 Å². The molecule has 0 spiro atoms. The summed E-state index contributed by atoms with van der Waals surface area (Å²) >= 11 is 0. The van der Waals surface area contributed by atoms with E-state index >= 15 is 0 Å². The van der Waals surface area contributed by atoms with Gasteiger partial charge in [0.25, 0.3) is 11.8 Å². The first kappa shape index (κ1) is 18.6. The van der Waals surface area contributed by atoms with Crippen LogP contribution in [0.1, 0.15) is 27.6 Å². The standard InChI is InChI=1S/C20H22N2O5/c1-4-22-10-11-27-16-9-8-13(12-15(16)20(22)24)21-19(23)14-6-5-7-17(25-2)18(14)26-3/h5-9,12H,4,10-11H2,1-3H3,(H,21,23). The van der Waals surface area contributed by atoms with E-state index in [0.717, 1.165) is 0 Å². The maximum absolute atomic E-state index is 12.7. The summed E-state index contributed by atoms with van der Waals surface area (Å²) in [6.45, 7) is 3.49. The zero-order valence-corrected chi connectivity index (χ0v) is 15.6. The van der Waals surface area contributed by atoms with Gasteiger partial charge in [-0.2, -0.15) is 0 Å². The molecule has 0 aliphatic carbocycles. The summed E-state index contributed by atoms with van der Waals surface area (Å²) in [6, 6.07) is 10.1. The third-order valence-electron chi connectivity index (χ3n) is 4.40. The largest absolute Gasteiger partial charge is 0.493 e. The normalized spacial score (nSPS) is 13.3. The third kappa shape index (κ3) is 3.67. The number of nitrogens with one attached hydrogen (secondary N) is 1. The number of rotatable bonds is 5. The van der Waals surface area contributed by atoms with Crippen LogP contribution in [0.25, 0.3) is 0 Å². The molecule has 0 fully saturated rings. The summed E-state index contributed by atoms with van der Waals surface area (Å²) in [5, 5.41) is 2.81. The van der Waals surface area contributed by atoms with Crippen LogP contribution in [-0.2, 0) is 0 Å². The second kappa shape index (κ2) is 7.99. The Morgan fingerprint density at radius 2 is 2.04 bits per heavy atom.